The Balaban J connectivity index is 2.28. The Morgan fingerprint density at radius 3 is 2.48 bits per heavy atom. The van der Waals surface area contributed by atoms with Crippen molar-refractivity contribution in [2.24, 2.45) is 0 Å². The number of aromatic nitrogens is 3. The summed E-state index contributed by atoms with van der Waals surface area (Å²) in [5.41, 5.74) is 5.76. The molecule has 106 valence electrons. The number of H-pyrrole nitrogens is 1. The molecule has 0 aliphatic rings. The van der Waals surface area contributed by atoms with Gasteiger partial charge in [-0.15, -0.1) is 0 Å². The molecule has 0 atom stereocenters. The van der Waals surface area contributed by atoms with Crippen LogP contribution < -0.4 is 0 Å². The molecule has 0 aliphatic carbocycles. The van der Waals surface area contributed by atoms with Crippen molar-refractivity contribution in [2.75, 3.05) is 0 Å². The van der Waals surface area contributed by atoms with Gasteiger partial charge < -0.3 is 0 Å². The molecule has 0 fully saturated rings. The normalized spacial score (nSPS) is 10.8. The van der Waals surface area contributed by atoms with Crippen LogP contribution in [0.2, 0.25) is 0 Å². The zero-order valence-electron chi connectivity index (χ0n) is 12.3. The lowest BCUT2D eigenvalue weighted by Crippen LogP contribution is -2.01. The highest BCUT2D eigenvalue weighted by molar-refractivity contribution is 7.71. The first-order chi connectivity index (χ1) is 10.1. The van der Waals surface area contributed by atoms with Crippen LogP contribution in [-0.2, 0) is 0 Å². The number of aromatic amines is 1. The van der Waals surface area contributed by atoms with Gasteiger partial charge in [0.15, 0.2) is 10.6 Å². The molecule has 0 spiro atoms. The maximum Gasteiger partial charge on any atom is 0.200 e. The van der Waals surface area contributed by atoms with Gasteiger partial charge >= 0.3 is 0 Å². The van der Waals surface area contributed by atoms with Gasteiger partial charge in [-0.25, -0.2) is 0 Å². The van der Waals surface area contributed by atoms with E-state index in [0.717, 1.165) is 17.1 Å². The number of rotatable bonds is 2. The Morgan fingerprint density at radius 1 is 1.00 bits per heavy atom. The van der Waals surface area contributed by atoms with Crippen LogP contribution in [0.5, 0.6) is 0 Å². The summed E-state index contributed by atoms with van der Waals surface area (Å²) in [4.78, 5) is 0. The van der Waals surface area contributed by atoms with Crippen LogP contribution in [-0.4, -0.2) is 14.8 Å². The monoisotopic (exact) mass is 295 g/mol. The quantitative estimate of drug-likeness (QED) is 0.705. The van der Waals surface area contributed by atoms with E-state index in [4.69, 9.17) is 12.2 Å². The summed E-state index contributed by atoms with van der Waals surface area (Å²) in [7, 11) is 0. The smallest absolute Gasteiger partial charge is 0.200 e. The number of hydrogen-bond acceptors (Lipinski definition) is 2. The van der Waals surface area contributed by atoms with Crippen molar-refractivity contribution in [3.8, 4) is 17.1 Å². The number of hydrogen-bond donors (Lipinski definition) is 1. The SMILES string of the molecule is Cc1ccc(-n2c(-c3ccccc3C)n[nH]c2=S)c(C)c1. The average molecular weight is 295 g/mol. The summed E-state index contributed by atoms with van der Waals surface area (Å²) < 4.78 is 2.62. The molecule has 0 amide bonds. The molecule has 4 heteroatoms. The van der Waals surface area contributed by atoms with Crippen LogP contribution in [0.3, 0.4) is 0 Å². The van der Waals surface area contributed by atoms with Gasteiger partial charge in [-0.2, -0.15) is 5.10 Å². The van der Waals surface area contributed by atoms with Gasteiger partial charge in [0.25, 0.3) is 0 Å². The second kappa shape index (κ2) is 5.30. The summed E-state index contributed by atoms with van der Waals surface area (Å²) in [6, 6.07) is 14.6. The number of benzene rings is 2. The maximum atomic E-state index is 5.44. The summed E-state index contributed by atoms with van der Waals surface area (Å²) in [6.07, 6.45) is 0. The predicted molar refractivity (Wildman–Crippen MR) is 88.4 cm³/mol. The number of nitrogens with zero attached hydrogens (tertiary/aromatic N) is 2. The highest BCUT2D eigenvalue weighted by atomic mass is 32.1. The molecule has 21 heavy (non-hydrogen) atoms. The molecule has 2 aromatic carbocycles. The van der Waals surface area contributed by atoms with Gasteiger partial charge in [0.2, 0.25) is 0 Å². The van der Waals surface area contributed by atoms with Crippen LogP contribution in [0.1, 0.15) is 16.7 Å². The summed E-state index contributed by atoms with van der Waals surface area (Å²) >= 11 is 5.44. The minimum atomic E-state index is 0.611. The van der Waals surface area contributed by atoms with Gasteiger partial charge in [0, 0.05) is 5.56 Å². The molecule has 3 rings (SSSR count). The second-order valence-electron chi connectivity index (χ2n) is 5.29. The molecule has 1 heterocycles. The number of aryl methyl sites for hydroxylation is 3. The molecule has 0 aliphatic heterocycles. The zero-order chi connectivity index (χ0) is 15.0. The summed E-state index contributed by atoms with van der Waals surface area (Å²) in [5, 5.41) is 7.35. The van der Waals surface area contributed by atoms with Crippen molar-refractivity contribution in [2.45, 2.75) is 20.8 Å². The van der Waals surface area contributed by atoms with Crippen molar-refractivity contribution in [3.63, 3.8) is 0 Å². The largest absolute Gasteiger partial charge is 0.268 e. The molecule has 1 aromatic heterocycles. The van der Waals surface area contributed by atoms with Crippen molar-refractivity contribution in [1.82, 2.24) is 14.8 Å². The van der Waals surface area contributed by atoms with Crippen LogP contribution in [0.4, 0.5) is 0 Å². The van der Waals surface area contributed by atoms with Crippen LogP contribution in [0, 0.1) is 25.5 Å². The van der Waals surface area contributed by atoms with Gasteiger partial charge in [-0.1, -0.05) is 42.0 Å². The third-order valence-electron chi connectivity index (χ3n) is 3.65. The fourth-order valence-corrected chi connectivity index (χ4v) is 2.81. The van der Waals surface area contributed by atoms with Gasteiger partial charge in [0.1, 0.15) is 0 Å². The molecule has 0 saturated heterocycles. The van der Waals surface area contributed by atoms with Crippen molar-refractivity contribution >= 4 is 12.2 Å². The second-order valence-corrected chi connectivity index (χ2v) is 5.68. The Morgan fingerprint density at radius 2 is 1.76 bits per heavy atom. The van der Waals surface area contributed by atoms with E-state index in [1.807, 2.05) is 16.7 Å². The molecular weight excluding hydrogens is 278 g/mol. The minimum absolute atomic E-state index is 0.611. The van der Waals surface area contributed by atoms with E-state index in [2.05, 4.69) is 61.3 Å². The third-order valence-corrected chi connectivity index (χ3v) is 3.93. The van der Waals surface area contributed by atoms with E-state index in [0.29, 0.717) is 4.77 Å². The first-order valence-electron chi connectivity index (χ1n) is 6.89. The molecular formula is C17H17N3S. The zero-order valence-corrected chi connectivity index (χ0v) is 13.2. The summed E-state index contributed by atoms with van der Waals surface area (Å²) in [6.45, 7) is 6.27. The molecule has 1 N–H and O–H groups in total. The van der Waals surface area contributed by atoms with Gasteiger partial charge in [0.05, 0.1) is 5.69 Å². The first-order valence-corrected chi connectivity index (χ1v) is 7.30. The Labute approximate surface area is 129 Å². The van der Waals surface area contributed by atoms with Crippen LogP contribution >= 0.6 is 12.2 Å². The van der Waals surface area contributed by atoms with E-state index < -0.39 is 0 Å². The topological polar surface area (TPSA) is 33.6 Å². The van der Waals surface area contributed by atoms with E-state index in [1.165, 1.54) is 16.7 Å². The van der Waals surface area contributed by atoms with Crippen LogP contribution in [0.15, 0.2) is 42.5 Å². The van der Waals surface area contributed by atoms with E-state index in [-0.39, 0.29) is 0 Å². The lowest BCUT2D eigenvalue weighted by Gasteiger charge is -2.12. The van der Waals surface area contributed by atoms with Crippen molar-refractivity contribution in [1.29, 1.82) is 0 Å². The Hall–Kier alpha value is -2.20. The lowest BCUT2D eigenvalue weighted by molar-refractivity contribution is 1.02. The van der Waals surface area contributed by atoms with Crippen molar-refractivity contribution < 1.29 is 0 Å². The Kier molecular flexibility index (Phi) is 3.47. The standard InChI is InChI=1S/C17H17N3S/c1-11-8-9-15(13(3)10-11)20-16(18-19-17(20)21)14-7-5-4-6-12(14)2/h4-10H,1-3H3,(H,19,21). The fraction of sp³-hybridized carbons (Fsp3) is 0.176. The molecule has 3 nitrogen and oxygen atoms in total. The van der Waals surface area contributed by atoms with Gasteiger partial charge in [-0.3, -0.25) is 9.67 Å². The van der Waals surface area contributed by atoms with Gasteiger partial charge in [-0.05, 0) is 50.2 Å². The lowest BCUT2D eigenvalue weighted by atomic mass is 10.1. The summed E-state index contributed by atoms with van der Waals surface area (Å²) in [5.74, 6) is 0.852. The minimum Gasteiger partial charge on any atom is -0.268 e. The highest BCUT2D eigenvalue weighted by Gasteiger charge is 2.13. The first kappa shape index (κ1) is 13.8. The van der Waals surface area contributed by atoms with E-state index in [9.17, 15) is 0 Å². The van der Waals surface area contributed by atoms with E-state index >= 15 is 0 Å². The Bertz CT molecular complexity index is 858. The van der Waals surface area contributed by atoms with E-state index in [1.54, 1.807) is 0 Å². The maximum absolute atomic E-state index is 5.44. The number of nitrogens with one attached hydrogen (secondary N) is 1. The van der Waals surface area contributed by atoms with Crippen molar-refractivity contribution in [3.05, 3.63) is 63.9 Å². The predicted octanol–water partition coefficient (Wildman–Crippen LogP) is 4.52. The average Bonchev–Trinajstić information content (AvgIpc) is 2.81. The molecule has 0 radical (unpaired) electrons. The highest BCUT2D eigenvalue weighted by Crippen LogP contribution is 2.26. The molecule has 3 aromatic rings. The molecule has 0 saturated carbocycles. The third kappa shape index (κ3) is 2.43. The fourth-order valence-electron chi connectivity index (χ4n) is 2.58. The molecule has 0 bridgehead atoms. The molecule has 0 unspecified atom stereocenters. The van der Waals surface area contributed by atoms with Crippen LogP contribution in [0.25, 0.3) is 17.1 Å².